The highest BCUT2D eigenvalue weighted by atomic mass is 19.4. The zero-order valence-corrected chi connectivity index (χ0v) is 16.7. The first-order valence-electron chi connectivity index (χ1n) is 9.75. The van der Waals surface area contributed by atoms with Gasteiger partial charge in [-0.25, -0.2) is 4.98 Å². The van der Waals surface area contributed by atoms with E-state index >= 15 is 0 Å². The zero-order valence-electron chi connectivity index (χ0n) is 16.7. The van der Waals surface area contributed by atoms with E-state index in [4.69, 9.17) is 10.2 Å². The molecule has 1 atom stereocenters. The molecule has 0 aliphatic carbocycles. The van der Waals surface area contributed by atoms with Crippen molar-refractivity contribution in [1.82, 2.24) is 15.2 Å². The van der Waals surface area contributed by atoms with Gasteiger partial charge < -0.3 is 25.3 Å². The monoisotopic (exact) mass is 469 g/mol. The van der Waals surface area contributed by atoms with Crippen molar-refractivity contribution in [3.05, 3.63) is 17.5 Å². The Morgan fingerprint density at radius 2 is 1.78 bits per heavy atom. The number of aliphatic hydroxyl groups excluding tert-OH is 1. The van der Waals surface area contributed by atoms with Gasteiger partial charge in [-0.05, 0) is 25.3 Å². The van der Waals surface area contributed by atoms with E-state index in [1.165, 1.54) is 4.90 Å². The van der Waals surface area contributed by atoms with Crippen molar-refractivity contribution < 1.29 is 41.0 Å². The van der Waals surface area contributed by atoms with E-state index in [0.29, 0.717) is 18.9 Å². The first-order chi connectivity index (χ1) is 14.9. The number of hydrogen-bond acceptors (Lipinski definition) is 8. The zero-order chi connectivity index (χ0) is 23.7. The summed E-state index contributed by atoms with van der Waals surface area (Å²) in [7, 11) is 0. The summed E-state index contributed by atoms with van der Waals surface area (Å²) in [4.78, 5) is 5.12. The number of aliphatic hydroxyl groups is 2. The number of halogens is 6. The van der Waals surface area contributed by atoms with E-state index in [2.05, 4.69) is 15.2 Å². The Labute approximate surface area is 178 Å². The van der Waals surface area contributed by atoms with Crippen LogP contribution < -0.4 is 10.6 Å². The minimum Gasteiger partial charge on any atom is -0.416 e. The van der Waals surface area contributed by atoms with Crippen molar-refractivity contribution in [3.8, 4) is 11.6 Å². The van der Waals surface area contributed by atoms with Crippen LogP contribution in [0.1, 0.15) is 43.6 Å². The predicted molar refractivity (Wildman–Crippen MR) is 99.3 cm³/mol. The molecule has 32 heavy (non-hydrogen) atoms. The first kappa shape index (κ1) is 24.0. The molecular weight excluding hydrogens is 448 g/mol. The summed E-state index contributed by atoms with van der Waals surface area (Å²) in [6.07, 6.45) is -9.80. The molecule has 0 saturated carbocycles. The quantitative estimate of drug-likeness (QED) is 0.574. The number of pyridine rings is 1. The Kier molecular flexibility index (Phi) is 6.56. The molecule has 4 bridgehead atoms. The van der Waals surface area contributed by atoms with Crippen molar-refractivity contribution in [2.75, 3.05) is 30.3 Å². The minimum atomic E-state index is -5.13. The van der Waals surface area contributed by atoms with Gasteiger partial charge >= 0.3 is 12.4 Å². The molecule has 3 rings (SSSR count). The van der Waals surface area contributed by atoms with Crippen molar-refractivity contribution in [1.29, 1.82) is 0 Å². The number of anilines is 2. The standard InChI is InChI=1S/C18H21F6N5O3/c19-17(20,21)10-9-11(25)12-14-27-28-15(32-14)16(31,18(22,23)24)5-3-1-2-4-6-29(7-8-30)13(10)26-12/h9,30-31H,1-8,25H2/t16-/m1/s1. The van der Waals surface area contributed by atoms with Gasteiger partial charge in [0.05, 0.1) is 12.3 Å². The third-order valence-corrected chi connectivity index (χ3v) is 5.17. The third-order valence-electron chi connectivity index (χ3n) is 5.17. The SMILES string of the molecule is Nc1cc(C(F)(F)F)c2nc1-c1nnc(o1)[C@@](O)(C(F)(F)F)CCCCCCN2CCO. The van der Waals surface area contributed by atoms with E-state index in [0.717, 1.165) is 0 Å². The van der Waals surface area contributed by atoms with Crippen LogP contribution in [-0.2, 0) is 11.8 Å². The van der Waals surface area contributed by atoms with Crippen LogP contribution in [0.15, 0.2) is 10.5 Å². The summed E-state index contributed by atoms with van der Waals surface area (Å²) in [5, 5.41) is 26.4. The lowest BCUT2D eigenvalue weighted by atomic mass is 9.95. The third kappa shape index (κ3) is 4.60. The number of alkyl halides is 6. The van der Waals surface area contributed by atoms with Gasteiger partial charge in [0.1, 0.15) is 11.4 Å². The Balaban J connectivity index is 2.21. The fraction of sp³-hybridized carbons (Fsp3) is 0.611. The van der Waals surface area contributed by atoms with Crippen LogP contribution in [-0.4, -0.2) is 51.3 Å². The molecule has 178 valence electrons. The Bertz CT molecular complexity index is 948. The molecule has 1 aliphatic rings. The van der Waals surface area contributed by atoms with Crippen molar-refractivity contribution in [3.63, 3.8) is 0 Å². The Hall–Kier alpha value is -2.61. The van der Waals surface area contributed by atoms with Gasteiger partial charge in [0.15, 0.2) is 5.69 Å². The molecule has 14 heteroatoms. The van der Waals surface area contributed by atoms with Gasteiger partial charge in [-0.2, -0.15) is 26.3 Å². The highest BCUT2D eigenvalue weighted by Crippen LogP contribution is 2.44. The molecule has 1 aliphatic heterocycles. The van der Waals surface area contributed by atoms with Crippen molar-refractivity contribution in [2.24, 2.45) is 0 Å². The minimum absolute atomic E-state index is 0.0484. The fourth-order valence-corrected chi connectivity index (χ4v) is 3.48. The van der Waals surface area contributed by atoms with Crippen LogP contribution in [0.3, 0.4) is 0 Å². The topological polar surface area (TPSA) is 122 Å². The average molecular weight is 469 g/mol. The van der Waals surface area contributed by atoms with Gasteiger partial charge in [0.25, 0.3) is 11.8 Å². The lowest BCUT2D eigenvalue weighted by Crippen LogP contribution is -2.42. The molecule has 2 aromatic heterocycles. The van der Waals surface area contributed by atoms with E-state index < -0.39 is 65.5 Å². The molecule has 0 radical (unpaired) electrons. The maximum absolute atomic E-state index is 13.7. The van der Waals surface area contributed by atoms with Crippen molar-refractivity contribution >= 4 is 11.5 Å². The molecule has 3 heterocycles. The normalized spacial score (nSPS) is 20.8. The molecule has 0 fully saturated rings. The number of β-amino-alcohol motifs (C(OH)–C–C–N with tert-alkyl or cyclic N) is 1. The van der Waals surface area contributed by atoms with Crippen LogP contribution in [0.25, 0.3) is 11.6 Å². The van der Waals surface area contributed by atoms with Gasteiger partial charge in [-0.1, -0.05) is 12.8 Å². The average Bonchev–Trinajstić information content (AvgIpc) is 3.17. The molecular formula is C18H21F6N5O3. The summed E-state index contributed by atoms with van der Waals surface area (Å²) in [5.41, 5.74) is 0.0864. The molecule has 0 spiro atoms. The number of nitrogen functional groups attached to an aromatic ring is 1. The van der Waals surface area contributed by atoms with Gasteiger partial charge in [0.2, 0.25) is 5.60 Å². The van der Waals surface area contributed by atoms with Crippen LogP contribution >= 0.6 is 0 Å². The van der Waals surface area contributed by atoms with E-state index in [9.17, 15) is 36.6 Å². The first-order valence-corrected chi connectivity index (χ1v) is 9.75. The second-order valence-corrected chi connectivity index (χ2v) is 7.44. The van der Waals surface area contributed by atoms with Gasteiger partial charge in [-0.15, -0.1) is 10.2 Å². The van der Waals surface area contributed by atoms with Crippen LogP contribution in [0, 0.1) is 0 Å². The summed E-state index contributed by atoms with van der Waals surface area (Å²) in [6.45, 7) is -0.566. The number of rotatable bonds is 2. The highest BCUT2D eigenvalue weighted by molar-refractivity contribution is 5.71. The molecule has 8 nitrogen and oxygen atoms in total. The Morgan fingerprint density at radius 3 is 2.41 bits per heavy atom. The molecule has 0 aromatic carbocycles. The number of aromatic nitrogens is 3. The summed E-state index contributed by atoms with van der Waals surface area (Å²) in [5.74, 6) is -2.39. The molecule has 0 unspecified atom stereocenters. The van der Waals surface area contributed by atoms with Crippen LogP contribution in [0.4, 0.5) is 37.8 Å². The maximum atomic E-state index is 13.7. The number of hydrogen-bond donors (Lipinski definition) is 3. The molecule has 4 N–H and O–H groups in total. The predicted octanol–water partition coefficient (Wildman–Crippen LogP) is 3.25. The molecule has 0 saturated heterocycles. The smallest absolute Gasteiger partial charge is 0.416 e. The molecule has 0 amide bonds. The van der Waals surface area contributed by atoms with E-state index in [-0.39, 0.29) is 25.9 Å². The number of fused-ring (bicyclic) bond motifs is 5. The lowest BCUT2D eigenvalue weighted by molar-refractivity contribution is -0.277. The molecule has 2 aromatic rings. The highest BCUT2D eigenvalue weighted by Gasteiger charge is 2.58. The van der Waals surface area contributed by atoms with Crippen LogP contribution in [0.2, 0.25) is 0 Å². The second-order valence-electron chi connectivity index (χ2n) is 7.44. The van der Waals surface area contributed by atoms with Crippen molar-refractivity contribution in [2.45, 2.75) is 50.1 Å². The Morgan fingerprint density at radius 1 is 1.09 bits per heavy atom. The summed E-state index contributed by atoms with van der Waals surface area (Å²) in [6, 6.07) is 0.577. The fourth-order valence-electron chi connectivity index (χ4n) is 3.48. The van der Waals surface area contributed by atoms with E-state index in [1.807, 2.05) is 0 Å². The second kappa shape index (κ2) is 8.73. The van der Waals surface area contributed by atoms with Crippen LogP contribution in [0.5, 0.6) is 0 Å². The van der Waals surface area contributed by atoms with Gasteiger partial charge in [-0.3, -0.25) is 0 Å². The van der Waals surface area contributed by atoms with Gasteiger partial charge in [0, 0.05) is 13.1 Å². The number of nitrogens with two attached hydrogens (primary N) is 1. The summed E-state index contributed by atoms with van der Waals surface area (Å²) >= 11 is 0. The van der Waals surface area contributed by atoms with E-state index in [1.54, 1.807) is 0 Å². The number of nitrogens with zero attached hydrogens (tertiary/aromatic N) is 4. The largest absolute Gasteiger partial charge is 0.426 e. The maximum Gasteiger partial charge on any atom is 0.426 e. The lowest BCUT2D eigenvalue weighted by Gasteiger charge is -2.28. The summed E-state index contributed by atoms with van der Waals surface area (Å²) < 4.78 is 86.8.